The number of halogens is 1. The monoisotopic (exact) mass is 447 g/mol. The lowest BCUT2D eigenvalue weighted by atomic mass is 9.86. The molecule has 0 N–H and O–H groups in total. The standard InChI is InChI=1S/C24H30FNO6/c1-6-31-24(28)17-13-26-18(14(2)3)10-15-11-20(32-9-7-8-29-4)19(30-5)12-16(15)22(26)21(25)23(17)27/h11-14,18H,6-10H2,1-5H3/t18-/m0/s1. The number of fused-ring (bicyclic) bond motifs is 3. The van der Waals surface area contributed by atoms with Crippen LogP contribution < -0.4 is 14.9 Å². The summed E-state index contributed by atoms with van der Waals surface area (Å²) < 4.78 is 38.5. The van der Waals surface area contributed by atoms with Gasteiger partial charge in [-0.05, 0) is 37.0 Å². The number of esters is 1. The van der Waals surface area contributed by atoms with E-state index in [4.69, 9.17) is 18.9 Å². The highest BCUT2D eigenvalue weighted by molar-refractivity contribution is 5.89. The van der Waals surface area contributed by atoms with Gasteiger partial charge in [-0.25, -0.2) is 9.18 Å². The topological polar surface area (TPSA) is 76.0 Å². The second kappa shape index (κ2) is 10.2. The van der Waals surface area contributed by atoms with E-state index in [0.717, 1.165) is 12.0 Å². The van der Waals surface area contributed by atoms with Gasteiger partial charge in [0.25, 0.3) is 0 Å². The van der Waals surface area contributed by atoms with Crippen LogP contribution in [0.25, 0.3) is 11.3 Å². The first-order chi connectivity index (χ1) is 15.3. The van der Waals surface area contributed by atoms with E-state index in [1.807, 2.05) is 19.9 Å². The number of carbonyl (C=O) groups is 1. The molecule has 1 aliphatic heterocycles. The number of aromatic nitrogens is 1. The second-order valence-corrected chi connectivity index (χ2v) is 8.03. The minimum Gasteiger partial charge on any atom is -0.493 e. The van der Waals surface area contributed by atoms with Gasteiger partial charge in [-0.2, -0.15) is 0 Å². The van der Waals surface area contributed by atoms with Crippen LogP contribution in [0.1, 0.15) is 49.2 Å². The quantitative estimate of drug-likeness (QED) is 0.427. The number of hydrogen-bond donors (Lipinski definition) is 0. The maximum atomic E-state index is 15.5. The van der Waals surface area contributed by atoms with Crippen molar-refractivity contribution in [1.82, 2.24) is 4.57 Å². The Morgan fingerprint density at radius 2 is 1.97 bits per heavy atom. The summed E-state index contributed by atoms with van der Waals surface area (Å²) in [4.78, 5) is 25.0. The van der Waals surface area contributed by atoms with Crippen LogP contribution in [0.2, 0.25) is 0 Å². The predicted molar refractivity (Wildman–Crippen MR) is 118 cm³/mol. The first-order valence-electron chi connectivity index (χ1n) is 10.8. The number of benzene rings is 1. The highest BCUT2D eigenvalue weighted by Crippen LogP contribution is 2.43. The molecule has 1 aliphatic rings. The van der Waals surface area contributed by atoms with Gasteiger partial charge in [0, 0.05) is 37.9 Å². The lowest BCUT2D eigenvalue weighted by Crippen LogP contribution is -2.31. The molecular formula is C24H30FNO6. The molecule has 0 aliphatic carbocycles. The molecule has 3 rings (SSSR count). The van der Waals surface area contributed by atoms with Gasteiger partial charge < -0.3 is 23.5 Å². The molecule has 0 radical (unpaired) electrons. The van der Waals surface area contributed by atoms with Gasteiger partial charge in [0.1, 0.15) is 5.56 Å². The minimum atomic E-state index is -0.974. The number of methoxy groups -OCH3 is 2. The molecular weight excluding hydrogens is 417 g/mol. The van der Waals surface area contributed by atoms with E-state index in [2.05, 4.69) is 0 Å². The first-order valence-corrected chi connectivity index (χ1v) is 10.8. The van der Waals surface area contributed by atoms with E-state index in [9.17, 15) is 9.59 Å². The summed E-state index contributed by atoms with van der Waals surface area (Å²) in [5, 5.41) is 0. The van der Waals surface area contributed by atoms with Crippen molar-refractivity contribution in [1.29, 1.82) is 0 Å². The fourth-order valence-electron chi connectivity index (χ4n) is 4.00. The van der Waals surface area contributed by atoms with Gasteiger partial charge in [-0.3, -0.25) is 4.79 Å². The number of ether oxygens (including phenoxy) is 4. The van der Waals surface area contributed by atoms with Gasteiger partial charge in [-0.15, -0.1) is 0 Å². The summed E-state index contributed by atoms with van der Waals surface area (Å²) >= 11 is 0. The molecule has 8 heteroatoms. The van der Waals surface area contributed by atoms with Crippen molar-refractivity contribution in [2.45, 2.75) is 39.7 Å². The van der Waals surface area contributed by atoms with Crippen LogP contribution in [0.15, 0.2) is 23.1 Å². The van der Waals surface area contributed by atoms with E-state index in [-0.39, 0.29) is 29.8 Å². The fraction of sp³-hybridized carbons (Fsp3) is 0.500. The number of carbonyl (C=O) groups excluding carboxylic acids is 1. The smallest absolute Gasteiger partial charge is 0.343 e. The zero-order valence-electron chi connectivity index (χ0n) is 19.2. The molecule has 1 atom stereocenters. The third-order valence-corrected chi connectivity index (χ3v) is 5.62. The summed E-state index contributed by atoms with van der Waals surface area (Å²) in [6.45, 7) is 6.80. The maximum Gasteiger partial charge on any atom is 0.343 e. The summed E-state index contributed by atoms with van der Waals surface area (Å²) in [5.74, 6) is -0.677. The second-order valence-electron chi connectivity index (χ2n) is 8.03. The molecule has 1 aromatic heterocycles. The highest BCUT2D eigenvalue weighted by atomic mass is 19.1. The molecule has 7 nitrogen and oxygen atoms in total. The van der Waals surface area contributed by atoms with Gasteiger partial charge in [0.2, 0.25) is 5.43 Å². The van der Waals surface area contributed by atoms with Crippen molar-refractivity contribution >= 4 is 5.97 Å². The molecule has 2 aromatic rings. The Hall–Kier alpha value is -2.87. The van der Waals surface area contributed by atoms with Crippen LogP contribution in [-0.4, -0.2) is 44.6 Å². The minimum absolute atomic E-state index is 0.0996. The largest absolute Gasteiger partial charge is 0.493 e. The average Bonchev–Trinajstić information content (AvgIpc) is 2.77. The Labute approximate surface area is 187 Å². The molecule has 0 unspecified atom stereocenters. The van der Waals surface area contributed by atoms with Crippen LogP contribution in [0.4, 0.5) is 4.39 Å². The summed E-state index contributed by atoms with van der Waals surface area (Å²) in [6.07, 6.45) is 2.73. The lowest BCUT2D eigenvalue weighted by Gasteiger charge is -2.34. The Bertz CT molecular complexity index is 1050. The Balaban J connectivity index is 2.16. The lowest BCUT2D eigenvalue weighted by molar-refractivity contribution is 0.0522. The number of rotatable bonds is 9. The normalized spacial score (nSPS) is 14.7. The van der Waals surface area contributed by atoms with Crippen molar-refractivity contribution in [2.75, 3.05) is 34.0 Å². The molecule has 0 spiro atoms. The SMILES string of the molecule is CCOC(=O)c1cn2c(c(F)c1=O)-c1cc(OC)c(OCCCOC)cc1C[C@H]2C(C)C. The van der Waals surface area contributed by atoms with E-state index < -0.39 is 17.2 Å². The molecule has 32 heavy (non-hydrogen) atoms. The zero-order chi connectivity index (χ0) is 23.4. The Morgan fingerprint density at radius 1 is 1.22 bits per heavy atom. The summed E-state index contributed by atoms with van der Waals surface area (Å²) in [5.41, 5.74) is 0.282. The maximum absolute atomic E-state index is 15.5. The van der Waals surface area contributed by atoms with Gasteiger partial charge in [0.15, 0.2) is 17.3 Å². The summed E-state index contributed by atoms with van der Waals surface area (Å²) in [7, 11) is 3.14. The third-order valence-electron chi connectivity index (χ3n) is 5.62. The van der Waals surface area contributed by atoms with E-state index in [1.54, 1.807) is 24.7 Å². The van der Waals surface area contributed by atoms with Crippen LogP contribution in [-0.2, 0) is 15.9 Å². The third kappa shape index (κ3) is 4.50. The molecule has 0 saturated heterocycles. The molecule has 0 fully saturated rings. The number of hydrogen-bond acceptors (Lipinski definition) is 6. The predicted octanol–water partition coefficient (Wildman–Crippen LogP) is 4.01. The van der Waals surface area contributed by atoms with Gasteiger partial charge in [-0.1, -0.05) is 13.8 Å². The molecule has 0 bridgehead atoms. The summed E-state index contributed by atoms with van der Waals surface area (Å²) in [6, 6.07) is 3.38. The Morgan fingerprint density at radius 3 is 2.59 bits per heavy atom. The van der Waals surface area contributed by atoms with Crippen LogP contribution in [0.3, 0.4) is 0 Å². The fourth-order valence-corrected chi connectivity index (χ4v) is 4.00. The average molecular weight is 448 g/mol. The van der Waals surface area contributed by atoms with E-state index >= 15 is 4.39 Å². The Kier molecular flexibility index (Phi) is 7.56. The molecule has 0 amide bonds. The van der Waals surface area contributed by atoms with Crippen LogP contribution in [0.5, 0.6) is 11.5 Å². The van der Waals surface area contributed by atoms with Gasteiger partial charge >= 0.3 is 5.97 Å². The van der Waals surface area contributed by atoms with Crippen molar-refractivity contribution < 1.29 is 28.1 Å². The number of nitrogens with zero attached hydrogens (tertiary/aromatic N) is 1. The van der Waals surface area contributed by atoms with Crippen LogP contribution in [0, 0.1) is 11.7 Å². The number of pyridine rings is 1. The first kappa shape index (κ1) is 23.8. The van der Waals surface area contributed by atoms with Crippen LogP contribution >= 0.6 is 0 Å². The highest BCUT2D eigenvalue weighted by Gasteiger charge is 2.33. The van der Waals surface area contributed by atoms with Crippen molar-refractivity contribution in [2.24, 2.45) is 5.92 Å². The molecule has 2 heterocycles. The molecule has 1 aromatic carbocycles. The molecule has 174 valence electrons. The van der Waals surface area contributed by atoms with Crippen molar-refractivity contribution in [3.8, 4) is 22.8 Å². The van der Waals surface area contributed by atoms with Crippen molar-refractivity contribution in [3.63, 3.8) is 0 Å². The van der Waals surface area contributed by atoms with E-state index in [0.29, 0.717) is 36.7 Å². The zero-order valence-corrected chi connectivity index (χ0v) is 19.2. The van der Waals surface area contributed by atoms with Crippen molar-refractivity contribution in [3.05, 3.63) is 45.5 Å². The molecule has 0 saturated carbocycles. The van der Waals surface area contributed by atoms with Gasteiger partial charge in [0.05, 0.1) is 26.0 Å². The van der Waals surface area contributed by atoms with E-state index in [1.165, 1.54) is 13.3 Å².